The maximum absolute atomic E-state index is 6.08. The third kappa shape index (κ3) is 1.76. The summed E-state index contributed by atoms with van der Waals surface area (Å²) in [5.74, 6) is 0.581. The summed E-state index contributed by atoms with van der Waals surface area (Å²) >= 11 is 0. The van der Waals surface area contributed by atoms with Crippen molar-refractivity contribution in [3.8, 4) is 0 Å². The predicted molar refractivity (Wildman–Crippen MR) is 66.7 cm³/mol. The Morgan fingerprint density at radius 3 is 2.00 bits per heavy atom. The third-order valence-corrected chi connectivity index (χ3v) is 3.74. The summed E-state index contributed by atoms with van der Waals surface area (Å²) in [4.78, 5) is 0. The van der Waals surface area contributed by atoms with Crippen LogP contribution in [0.3, 0.4) is 0 Å². The lowest BCUT2D eigenvalue weighted by Gasteiger charge is -2.45. The Labute approximate surface area is 97.8 Å². The van der Waals surface area contributed by atoms with Gasteiger partial charge in [0.2, 0.25) is 0 Å². The van der Waals surface area contributed by atoms with Crippen molar-refractivity contribution in [3.05, 3.63) is 35.4 Å². The van der Waals surface area contributed by atoms with Gasteiger partial charge in [-0.05, 0) is 24.0 Å². The third-order valence-electron chi connectivity index (χ3n) is 3.74. The van der Waals surface area contributed by atoms with Gasteiger partial charge in [-0.15, -0.1) is 0 Å². The molecular weight excluding hydrogens is 198 g/mol. The van der Waals surface area contributed by atoms with Gasteiger partial charge in [0.15, 0.2) is 0 Å². The van der Waals surface area contributed by atoms with Gasteiger partial charge in [-0.25, -0.2) is 0 Å². The van der Waals surface area contributed by atoms with Gasteiger partial charge >= 0.3 is 0 Å². The van der Waals surface area contributed by atoms with Crippen molar-refractivity contribution in [2.75, 3.05) is 13.2 Å². The van der Waals surface area contributed by atoms with Crippen LogP contribution in [0.5, 0.6) is 0 Å². The Morgan fingerprint density at radius 1 is 1.12 bits per heavy atom. The molecule has 1 saturated heterocycles. The molecule has 1 heterocycles. The van der Waals surface area contributed by atoms with Gasteiger partial charge in [-0.3, -0.25) is 0 Å². The number of ether oxygens (including phenoxy) is 1. The normalized spacial score (nSPS) is 20.6. The standard InChI is InChI=1S/C14H21NO/c1-10(2)12-4-6-13(7-5-12)14(11(3)15)8-16-9-14/h4-7,10-11H,8-9,15H2,1-3H3. The highest BCUT2D eigenvalue weighted by Crippen LogP contribution is 2.35. The Hall–Kier alpha value is -0.860. The first kappa shape index (κ1) is 11.6. The van der Waals surface area contributed by atoms with Gasteiger partial charge in [0.05, 0.1) is 18.6 Å². The molecule has 1 atom stereocenters. The largest absolute Gasteiger partial charge is 0.379 e. The molecule has 1 aromatic carbocycles. The second-order valence-corrected chi connectivity index (χ2v) is 5.21. The summed E-state index contributed by atoms with van der Waals surface area (Å²) in [7, 11) is 0. The van der Waals surface area contributed by atoms with E-state index in [-0.39, 0.29) is 11.5 Å². The van der Waals surface area contributed by atoms with E-state index < -0.39 is 0 Å². The SMILES string of the molecule is CC(C)c1ccc(C2(C(C)N)COC2)cc1. The molecule has 0 aliphatic carbocycles. The molecule has 2 rings (SSSR count). The molecule has 1 aliphatic rings. The molecule has 1 unspecified atom stereocenters. The van der Waals surface area contributed by atoms with E-state index in [0.29, 0.717) is 5.92 Å². The summed E-state index contributed by atoms with van der Waals surface area (Å²) in [6, 6.07) is 8.99. The fraction of sp³-hybridized carbons (Fsp3) is 0.571. The van der Waals surface area contributed by atoms with Crippen molar-refractivity contribution in [3.63, 3.8) is 0 Å². The van der Waals surface area contributed by atoms with Gasteiger partial charge in [0.25, 0.3) is 0 Å². The zero-order valence-corrected chi connectivity index (χ0v) is 10.4. The monoisotopic (exact) mass is 219 g/mol. The van der Waals surface area contributed by atoms with Gasteiger partial charge in [-0.2, -0.15) is 0 Å². The molecule has 0 bridgehead atoms. The molecule has 0 spiro atoms. The van der Waals surface area contributed by atoms with Crippen LogP contribution in [0.4, 0.5) is 0 Å². The van der Waals surface area contributed by atoms with Crippen LogP contribution in [0.15, 0.2) is 24.3 Å². The summed E-state index contributed by atoms with van der Waals surface area (Å²) in [6.45, 7) is 8.00. The van der Waals surface area contributed by atoms with Crippen LogP contribution in [0, 0.1) is 0 Å². The van der Waals surface area contributed by atoms with Gasteiger partial charge < -0.3 is 10.5 Å². The first-order chi connectivity index (χ1) is 7.56. The molecule has 0 aromatic heterocycles. The number of rotatable bonds is 3. The van der Waals surface area contributed by atoms with Crippen LogP contribution >= 0.6 is 0 Å². The van der Waals surface area contributed by atoms with Crippen LogP contribution < -0.4 is 5.73 Å². The second kappa shape index (κ2) is 4.19. The first-order valence-corrected chi connectivity index (χ1v) is 6.00. The zero-order chi connectivity index (χ0) is 11.8. The molecule has 2 N–H and O–H groups in total. The van der Waals surface area contributed by atoms with Crippen molar-refractivity contribution in [1.82, 2.24) is 0 Å². The van der Waals surface area contributed by atoms with E-state index in [2.05, 4.69) is 45.0 Å². The highest BCUT2D eigenvalue weighted by Gasteiger charge is 2.43. The molecule has 16 heavy (non-hydrogen) atoms. The van der Waals surface area contributed by atoms with E-state index in [1.54, 1.807) is 0 Å². The van der Waals surface area contributed by atoms with Crippen molar-refractivity contribution < 1.29 is 4.74 Å². The molecular formula is C14H21NO. The maximum Gasteiger partial charge on any atom is 0.0600 e. The topological polar surface area (TPSA) is 35.2 Å². The quantitative estimate of drug-likeness (QED) is 0.847. The highest BCUT2D eigenvalue weighted by atomic mass is 16.5. The van der Waals surface area contributed by atoms with Gasteiger partial charge in [-0.1, -0.05) is 38.1 Å². The lowest BCUT2D eigenvalue weighted by Crippen LogP contribution is -2.57. The predicted octanol–water partition coefficient (Wildman–Crippen LogP) is 2.43. The average Bonchev–Trinajstić information content (AvgIpc) is 2.16. The van der Waals surface area contributed by atoms with Crippen LogP contribution in [0.2, 0.25) is 0 Å². The molecule has 2 heteroatoms. The Bertz CT molecular complexity index is 350. The Balaban J connectivity index is 2.27. The first-order valence-electron chi connectivity index (χ1n) is 6.00. The number of hydrogen-bond acceptors (Lipinski definition) is 2. The summed E-state index contributed by atoms with van der Waals surface area (Å²) in [6.07, 6.45) is 0. The molecule has 1 aromatic rings. The number of nitrogens with two attached hydrogens (primary N) is 1. The number of hydrogen-bond donors (Lipinski definition) is 1. The minimum Gasteiger partial charge on any atom is -0.379 e. The van der Waals surface area contributed by atoms with Crippen molar-refractivity contribution in [1.29, 1.82) is 0 Å². The van der Waals surface area contributed by atoms with E-state index in [1.807, 2.05) is 0 Å². The average molecular weight is 219 g/mol. The van der Waals surface area contributed by atoms with E-state index in [4.69, 9.17) is 10.5 Å². The highest BCUT2D eigenvalue weighted by molar-refractivity contribution is 5.33. The van der Waals surface area contributed by atoms with Gasteiger partial charge in [0.1, 0.15) is 0 Å². The lowest BCUT2D eigenvalue weighted by molar-refractivity contribution is -0.0701. The van der Waals surface area contributed by atoms with E-state index in [9.17, 15) is 0 Å². The van der Waals surface area contributed by atoms with Crippen molar-refractivity contribution in [2.24, 2.45) is 5.73 Å². The lowest BCUT2D eigenvalue weighted by atomic mass is 9.73. The molecule has 1 fully saturated rings. The van der Waals surface area contributed by atoms with Crippen molar-refractivity contribution in [2.45, 2.75) is 38.1 Å². The smallest absolute Gasteiger partial charge is 0.0600 e. The summed E-state index contributed by atoms with van der Waals surface area (Å²) in [5.41, 5.74) is 8.83. The van der Waals surface area contributed by atoms with E-state index in [0.717, 1.165) is 13.2 Å². The van der Waals surface area contributed by atoms with Gasteiger partial charge in [0, 0.05) is 6.04 Å². The molecule has 88 valence electrons. The minimum absolute atomic E-state index is 0.0511. The molecule has 0 saturated carbocycles. The Morgan fingerprint density at radius 2 is 1.69 bits per heavy atom. The molecule has 0 amide bonds. The maximum atomic E-state index is 6.08. The summed E-state index contributed by atoms with van der Waals surface area (Å²) < 4.78 is 5.35. The Kier molecular flexibility index (Phi) is 3.04. The summed E-state index contributed by atoms with van der Waals surface area (Å²) in [5, 5.41) is 0. The number of benzene rings is 1. The van der Waals surface area contributed by atoms with Crippen LogP contribution in [-0.4, -0.2) is 19.3 Å². The molecule has 2 nitrogen and oxygen atoms in total. The van der Waals surface area contributed by atoms with Crippen LogP contribution in [0.1, 0.15) is 37.8 Å². The van der Waals surface area contributed by atoms with Crippen LogP contribution in [-0.2, 0) is 10.2 Å². The fourth-order valence-electron chi connectivity index (χ4n) is 2.21. The molecule has 1 aliphatic heterocycles. The van der Waals surface area contributed by atoms with Crippen LogP contribution in [0.25, 0.3) is 0 Å². The second-order valence-electron chi connectivity index (χ2n) is 5.21. The zero-order valence-electron chi connectivity index (χ0n) is 10.4. The van der Waals surface area contributed by atoms with E-state index in [1.165, 1.54) is 11.1 Å². The van der Waals surface area contributed by atoms with E-state index >= 15 is 0 Å². The minimum atomic E-state index is 0.0511. The molecule has 0 radical (unpaired) electrons. The van der Waals surface area contributed by atoms with Crippen molar-refractivity contribution >= 4 is 0 Å². The fourth-order valence-corrected chi connectivity index (χ4v) is 2.21.